The Morgan fingerprint density at radius 1 is 1.33 bits per heavy atom. The SMILES string of the molecule is [CH2][C@@H]1C[C@@H](Nc2ncncc2C(=O)c2ccn(Cc3cccc([S+]([O-])C=C)c3)n2)[C@H](O)[C@@H]1O. The van der Waals surface area contributed by atoms with E-state index in [1.807, 2.05) is 18.2 Å². The first-order valence-electron chi connectivity index (χ1n) is 10.3. The Bertz CT molecular complexity index is 1150. The molecule has 0 saturated heterocycles. The third kappa shape index (κ3) is 4.98. The molecule has 5 atom stereocenters. The van der Waals surface area contributed by atoms with E-state index in [1.54, 1.807) is 23.0 Å². The van der Waals surface area contributed by atoms with Crippen LogP contribution in [0.2, 0.25) is 0 Å². The van der Waals surface area contributed by atoms with E-state index in [0.29, 0.717) is 17.9 Å². The van der Waals surface area contributed by atoms with Crippen molar-refractivity contribution < 1.29 is 19.6 Å². The molecule has 171 valence electrons. The minimum atomic E-state index is -1.28. The molecule has 2 aromatic heterocycles. The van der Waals surface area contributed by atoms with Crippen LogP contribution in [0.3, 0.4) is 0 Å². The minimum Gasteiger partial charge on any atom is -0.607 e. The molecule has 0 bridgehead atoms. The van der Waals surface area contributed by atoms with E-state index < -0.39 is 29.4 Å². The second-order valence-electron chi connectivity index (χ2n) is 7.85. The van der Waals surface area contributed by atoms with E-state index in [4.69, 9.17) is 0 Å². The number of rotatable bonds is 8. The van der Waals surface area contributed by atoms with Gasteiger partial charge in [-0.05, 0) is 43.0 Å². The zero-order chi connectivity index (χ0) is 23.5. The number of anilines is 1. The molecule has 3 N–H and O–H groups in total. The normalized spacial score (nSPS) is 23.3. The summed E-state index contributed by atoms with van der Waals surface area (Å²) in [6.07, 6.45) is 2.86. The fourth-order valence-corrected chi connectivity index (χ4v) is 4.49. The lowest BCUT2D eigenvalue weighted by Gasteiger charge is -2.19. The molecule has 1 saturated carbocycles. The summed E-state index contributed by atoms with van der Waals surface area (Å²) in [6, 6.07) is 8.38. The average molecular weight is 467 g/mol. The molecule has 9 nitrogen and oxygen atoms in total. The van der Waals surface area contributed by atoms with Crippen molar-refractivity contribution in [1.29, 1.82) is 0 Å². The predicted molar refractivity (Wildman–Crippen MR) is 123 cm³/mol. The molecule has 3 aromatic rings. The number of carbonyl (C=O) groups is 1. The number of nitrogens with one attached hydrogen (secondary N) is 1. The highest BCUT2D eigenvalue weighted by Gasteiger charge is 2.39. The number of nitrogens with zero attached hydrogens (tertiary/aromatic N) is 4. The molecule has 1 aliphatic carbocycles. The molecule has 0 aliphatic heterocycles. The van der Waals surface area contributed by atoms with Gasteiger partial charge in [0.2, 0.25) is 5.78 Å². The van der Waals surface area contributed by atoms with E-state index >= 15 is 0 Å². The monoisotopic (exact) mass is 466 g/mol. The first kappa shape index (κ1) is 23.1. The molecule has 2 heterocycles. The maximum atomic E-state index is 13.1. The van der Waals surface area contributed by atoms with Gasteiger partial charge in [-0.3, -0.25) is 9.48 Å². The Morgan fingerprint density at radius 2 is 2.15 bits per heavy atom. The quantitative estimate of drug-likeness (QED) is 0.336. The fourth-order valence-electron chi connectivity index (χ4n) is 3.81. The fraction of sp³-hybridized carbons (Fsp3) is 0.261. The van der Waals surface area contributed by atoms with Gasteiger partial charge in [0, 0.05) is 23.6 Å². The maximum absolute atomic E-state index is 13.1. The van der Waals surface area contributed by atoms with Gasteiger partial charge in [0.15, 0.2) is 4.90 Å². The largest absolute Gasteiger partial charge is 0.607 e. The van der Waals surface area contributed by atoms with Crippen LogP contribution < -0.4 is 5.32 Å². The van der Waals surface area contributed by atoms with E-state index in [1.165, 1.54) is 17.9 Å². The highest BCUT2D eigenvalue weighted by atomic mass is 32.2. The van der Waals surface area contributed by atoms with Gasteiger partial charge < -0.3 is 20.1 Å². The van der Waals surface area contributed by atoms with Gasteiger partial charge in [-0.15, -0.1) is 0 Å². The van der Waals surface area contributed by atoms with Gasteiger partial charge in [-0.2, -0.15) is 5.10 Å². The highest BCUT2D eigenvalue weighted by molar-refractivity contribution is 7.94. The standard InChI is InChI=1S/C23H24N5O4S/c1-3-33(32)16-6-4-5-15(10-16)12-28-8-7-18(27-28)21(30)17-11-24-13-25-23(17)26-19-9-14(2)20(29)22(19)31/h3-8,10-11,13-14,19-20,22,29,31H,1-2,9,12H2,(H,24,25,26)/t14-,19-,20-,22+,33?/m1/s1. The van der Waals surface area contributed by atoms with Crippen LogP contribution in [-0.2, 0) is 17.7 Å². The smallest absolute Gasteiger partial charge is 0.218 e. The van der Waals surface area contributed by atoms with Crippen molar-refractivity contribution in [1.82, 2.24) is 19.7 Å². The van der Waals surface area contributed by atoms with E-state index in [0.717, 1.165) is 5.56 Å². The van der Waals surface area contributed by atoms with Crippen molar-refractivity contribution in [2.75, 3.05) is 5.32 Å². The molecule has 4 rings (SSSR count). The molecular formula is C23H24N5O4S. The van der Waals surface area contributed by atoms with Crippen LogP contribution in [0.15, 0.2) is 65.9 Å². The Kier molecular flexibility index (Phi) is 6.89. The predicted octanol–water partition coefficient (Wildman–Crippen LogP) is 1.56. The van der Waals surface area contributed by atoms with Gasteiger partial charge in [0.25, 0.3) is 0 Å². The van der Waals surface area contributed by atoms with Crippen LogP contribution in [0.4, 0.5) is 5.82 Å². The van der Waals surface area contributed by atoms with Crippen molar-refractivity contribution in [2.45, 2.75) is 36.1 Å². The summed E-state index contributed by atoms with van der Waals surface area (Å²) >= 11 is -1.28. The van der Waals surface area contributed by atoms with Crippen LogP contribution >= 0.6 is 0 Å². The molecular weight excluding hydrogens is 442 g/mol. The Labute approximate surface area is 194 Å². The number of hydrogen-bond acceptors (Lipinski definition) is 8. The molecule has 1 unspecified atom stereocenters. The molecule has 10 heteroatoms. The Hall–Kier alpha value is -3.05. The molecule has 1 radical (unpaired) electrons. The zero-order valence-electron chi connectivity index (χ0n) is 17.7. The lowest BCUT2D eigenvalue weighted by Crippen LogP contribution is -2.35. The zero-order valence-corrected chi connectivity index (χ0v) is 18.6. The maximum Gasteiger partial charge on any atom is 0.218 e. The van der Waals surface area contributed by atoms with E-state index in [-0.39, 0.29) is 28.8 Å². The average Bonchev–Trinajstić information content (AvgIpc) is 3.39. The topological polar surface area (TPSA) is 136 Å². The second-order valence-corrected chi connectivity index (χ2v) is 9.25. The lowest BCUT2D eigenvalue weighted by atomic mass is 10.1. The van der Waals surface area contributed by atoms with E-state index in [2.05, 4.69) is 33.9 Å². The summed E-state index contributed by atoms with van der Waals surface area (Å²) in [6.45, 7) is 7.78. The van der Waals surface area contributed by atoms with Crippen molar-refractivity contribution in [2.24, 2.45) is 5.92 Å². The van der Waals surface area contributed by atoms with Crippen LogP contribution in [-0.4, -0.2) is 58.5 Å². The number of carbonyl (C=O) groups excluding carboxylic acids is 1. The third-order valence-corrected chi connectivity index (χ3v) is 6.60. The van der Waals surface area contributed by atoms with Crippen LogP contribution in [0.5, 0.6) is 0 Å². The number of aliphatic hydroxyl groups is 2. The summed E-state index contributed by atoms with van der Waals surface area (Å²) in [5, 5.41) is 29.0. The molecule has 1 aliphatic rings. The molecule has 1 aromatic carbocycles. The molecule has 0 amide bonds. The summed E-state index contributed by atoms with van der Waals surface area (Å²) in [7, 11) is 0. The van der Waals surface area contributed by atoms with Gasteiger partial charge >= 0.3 is 0 Å². The summed E-state index contributed by atoms with van der Waals surface area (Å²) in [5.74, 6) is -0.441. The number of aromatic nitrogens is 4. The van der Waals surface area contributed by atoms with Crippen molar-refractivity contribution in [3.8, 4) is 0 Å². The lowest BCUT2D eigenvalue weighted by molar-refractivity contribution is 0.0256. The van der Waals surface area contributed by atoms with Crippen molar-refractivity contribution in [3.05, 3.63) is 84.8 Å². The van der Waals surface area contributed by atoms with Crippen LogP contribution in [0, 0.1) is 12.8 Å². The van der Waals surface area contributed by atoms with Gasteiger partial charge in [-0.1, -0.05) is 18.7 Å². The molecule has 0 spiro atoms. The van der Waals surface area contributed by atoms with Crippen molar-refractivity contribution >= 4 is 22.8 Å². The van der Waals surface area contributed by atoms with Crippen molar-refractivity contribution in [3.63, 3.8) is 0 Å². The first-order valence-corrected chi connectivity index (χ1v) is 11.5. The Balaban J connectivity index is 1.51. The number of ketones is 1. The van der Waals surface area contributed by atoms with E-state index in [9.17, 15) is 19.6 Å². The summed E-state index contributed by atoms with van der Waals surface area (Å²) in [4.78, 5) is 21.9. The van der Waals surface area contributed by atoms with Gasteiger partial charge in [0.05, 0.1) is 24.3 Å². The number of aliphatic hydroxyl groups excluding tert-OH is 2. The van der Waals surface area contributed by atoms with Crippen LogP contribution in [0.1, 0.15) is 28.0 Å². The van der Waals surface area contributed by atoms with Gasteiger partial charge in [0.1, 0.15) is 29.4 Å². The molecule has 1 fully saturated rings. The first-order chi connectivity index (χ1) is 15.9. The summed E-state index contributed by atoms with van der Waals surface area (Å²) in [5.41, 5.74) is 1.30. The summed E-state index contributed by atoms with van der Waals surface area (Å²) < 4.78 is 13.6. The van der Waals surface area contributed by atoms with Crippen LogP contribution in [0.25, 0.3) is 0 Å². The van der Waals surface area contributed by atoms with Gasteiger partial charge in [-0.25, -0.2) is 9.97 Å². The third-order valence-electron chi connectivity index (χ3n) is 5.58. The highest BCUT2D eigenvalue weighted by Crippen LogP contribution is 2.29. The minimum absolute atomic E-state index is 0.209. The number of hydrogen-bond donors (Lipinski definition) is 3. The number of benzene rings is 1. The second kappa shape index (κ2) is 9.84. The Morgan fingerprint density at radius 3 is 2.88 bits per heavy atom. The molecule has 33 heavy (non-hydrogen) atoms.